The first-order chi connectivity index (χ1) is 9.63. The Kier molecular flexibility index (Phi) is 8.22. The van der Waals surface area contributed by atoms with Crippen LogP contribution in [0.3, 0.4) is 0 Å². The molecule has 0 spiro atoms. The van der Waals surface area contributed by atoms with Crippen molar-refractivity contribution in [2.75, 3.05) is 39.8 Å². The fraction of sp³-hybridized carbons (Fsp3) is 0.857. The third-order valence-electron chi connectivity index (χ3n) is 3.64. The van der Waals surface area contributed by atoms with Crippen molar-refractivity contribution in [2.45, 2.75) is 38.6 Å². The van der Waals surface area contributed by atoms with Gasteiger partial charge in [-0.15, -0.1) is 0 Å². The van der Waals surface area contributed by atoms with Gasteiger partial charge in [-0.3, -0.25) is 14.5 Å². The number of amides is 2. The number of carbonyl (C=O) groups excluding carboxylic acids is 2. The van der Waals surface area contributed by atoms with Crippen LogP contribution in [0.5, 0.6) is 0 Å². The zero-order valence-electron chi connectivity index (χ0n) is 12.7. The number of hydrogen-bond donors (Lipinski definition) is 3. The number of piperidine rings is 1. The van der Waals surface area contributed by atoms with Gasteiger partial charge in [0.2, 0.25) is 11.8 Å². The molecule has 1 saturated heterocycles. The molecule has 1 aliphatic heterocycles. The van der Waals surface area contributed by atoms with Gasteiger partial charge in [-0.2, -0.15) is 0 Å². The van der Waals surface area contributed by atoms with E-state index < -0.39 is 0 Å². The van der Waals surface area contributed by atoms with E-state index in [1.807, 2.05) is 7.05 Å². The highest BCUT2D eigenvalue weighted by atomic mass is 16.2. The minimum atomic E-state index is -0.0672. The standard InChI is InChI=1S/C14H28N4O2/c1-12(19)16-8-9-17-14(20)11-18-10-4-3-5-13(18)6-7-15-2/h13,15H,3-11H2,1-2H3,(H,16,19)(H,17,20). The summed E-state index contributed by atoms with van der Waals surface area (Å²) in [6.07, 6.45) is 4.71. The maximum absolute atomic E-state index is 11.9. The second kappa shape index (κ2) is 9.72. The van der Waals surface area contributed by atoms with Crippen LogP contribution in [0.15, 0.2) is 0 Å². The Morgan fingerprint density at radius 2 is 1.90 bits per heavy atom. The molecule has 1 fully saturated rings. The zero-order chi connectivity index (χ0) is 14.8. The summed E-state index contributed by atoms with van der Waals surface area (Å²) in [5.41, 5.74) is 0. The Morgan fingerprint density at radius 1 is 1.15 bits per heavy atom. The summed E-state index contributed by atoms with van der Waals surface area (Å²) >= 11 is 0. The van der Waals surface area contributed by atoms with Gasteiger partial charge in [-0.1, -0.05) is 6.42 Å². The smallest absolute Gasteiger partial charge is 0.234 e. The van der Waals surface area contributed by atoms with Crippen LogP contribution in [0.25, 0.3) is 0 Å². The fourth-order valence-corrected chi connectivity index (χ4v) is 2.59. The Labute approximate surface area is 121 Å². The molecule has 116 valence electrons. The van der Waals surface area contributed by atoms with Gasteiger partial charge in [0, 0.05) is 26.1 Å². The third kappa shape index (κ3) is 6.86. The quantitative estimate of drug-likeness (QED) is 0.535. The Hall–Kier alpha value is -1.14. The molecule has 6 nitrogen and oxygen atoms in total. The molecule has 0 bridgehead atoms. The van der Waals surface area contributed by atoms with E-state index in [9.17, 15) is 9.59 Å². The van der Waals surface area contributed by atoms with Crippen molar-refractivity contribution in [1.29, 1.82) is 0 Å². The molecule has 20 heavy (non-hydrogen) atoms. The summed E-state index contributed by atoms with van der Waals surface area (Å²) < 4.78 is 0. The summed E-state index contributed by atoms with van der Waals surface area (Å²) in [5.74, 6) is -0.0193. The molecule has 0 aromatic rings. The van der Waals surface area contributed by atoms with Gasteiger partial charge in [-0.25, -0.2) is 0 Å². The lowest BCUT2D eigenvalue weighted by molar-refractivity contribution is -0.123. The molecule has 1 atom stereocenters. The van der Waals surface area contributed by atoms with Crippen molar-refractivity contribution in [1.82, 2.24) is 20.9 Å². The maximum atomic E-state index is 11.9. The number of hydrogen-bond acceptors (Lipinski definition) is 4. The van der Waals surface area contributed by atoms with Gasteiger partial charge in [0.25, 0.3) is 0 Å². The van der Waals surface area contributed by atoms with Gasteiger partial charge < -0.3 is 16.0 Å². The largest absolute Gasteiger partial charge is 0.355 e. The van der Waals surface area contributed by atoms with Crippen molar-refractivity contribution < 1.29 is 9.59 Å². The number of nitrogens with one attached hydrogen (secondary N) is 3. The lowest BCUT2D eigenvalue weighted by Crippen LogP contribution is -2.47. The Morgan fingerprint density at radius 3 is 2.60 bits per heavy atom. The average molecular weight is 284 g/mol. The molecular weight excluding hydrogens is 256 g/mol. The van der Waals surface area contributed by atoms with E-state index in [0.29, 0.717) is 25.7 Å². The van der Waals surface area contributed by atoms with Crippen LogP contribution < -0.4 is 16.0 Å². The van der Waals surface area contributed by atoms with Crippen molar-refractivity contribution in [2.24, 2.45) is 0 Å². The summed E-state index contributed by atoms with van der Waals surface area (Å²) in [6.45, 7) is 4.92. The topological polar surface area (TPSA) is 73.5 Å². The maximum Gasteiger partial charge on any atom is 0.234 e. The molecule has 0 saturated carbocycles. The van der Waals surface area contributed by atoms with E-state index >= 15 is 0 Å². The van der Waals surface area contributed by atoms with Gasteiger partial charge in [0.05, 0.1) is 6.54 Å². The SMILES string of the molecule is CNCCC1CCCCN1CC(=O)NCCNC(C)=O. The second-order valence-electron chi connectivity index (χ2n) is 5.35. The Bertz CT molecular complexity index is 310. The predicted molar refractivity (Wildman–Crippen MR) is 79.4 cm³/mol. The van der Waals surface area contributed by atoms with Crippen LogP contribution in [0, 0.1) is 0 Å². The number of rotatable bonds is 8. The molecule has 1 unspecified atom stereocenters. The van der Waals surface area contributed by atoms with Crippen molar-refractivity contribution in [3.8, 4) is 0 Å². The van der Waals surface area contributed by atoms with E-state index in [-0.39, 0.29) is 11.8 Å². The summed E-state index contributed by atoms with van der Waals surface area (Å²) in [6, 6.07) is 0.511. The van der Waals surface area contributed by atoms with E-state index in [2.05, 4.69) is 20.9 Å². The highest BCUT2D eigenvalue weighted by Crippen LogP contribution is 2.18. The first-order valence-electron chi connectivity index (χ1n) is 7.53. The number of nitrogens with zero attached hydrogens (tertiary/aromatic N) is 1. The van der Waals surface area contributed by atoms with Crippen LogP contribution in [0.4, 0.5) is 0 Å². The van der Waals surface area contributed by atoms with E-state index in [1.165, 1.54) is 26.2 Å². The monoisotopic (exact) mass is 284 g/mol. The van der Waals surface area contributed by atoms with Crippen molar-refractivity contribution >= 4 is 11.8 Å². The van der Waals surface area contributed by atoms with Crippen LogP contribution in [-0.2, 0) is 9.59 Å². The van der Waals surface area contributed by atoms with Crippen molar-refractivity contribution in [3.63, 3.8) is 0 Å². The number of carbonyl (C=O) groups is 2. The van der Waals surface area contributed by atoms with Gasteiger partial charge in [0.1, 0.15) is 0 Å². The van der Waals surface area contributed by atoms with Crippen LogP contribution >= 0.6 is 0 Å². The predicted octanol–water partition coefficient (Wildman–Crippen LogP) is -0.297. The Balaban J connectivity index is 2.25. The summed E-state index contributed by atoms with van der Waals surface area (Å²) in [5, 5.41) is 8.69. The molecule has 0 aromatic carbocycles. The molecule has 1 heterocycles. The van der Waals surface area contributed by atoms with Crippen molar-refractivity contribution in [3.05, 3.63) is 0 Å². The zero-order valence-corrected chi connectivity index (χ0v) is 12.7. The normalized spacial score (nSPS) is 19.6. The van der Waals surface area contributed by atoms with E-state index in [4.69, 9.17) is 0 Å². The molecule has 0 aliphatic carbocycles. The highest BCUT2D eigenvalue weighted by Gasteiger charge is 2.23. The first-order valence-corrected chi connectivity index (χ1v) is 7.53. The molecule has 1 aliphatic rings. The molecule has 0 radical (unpaired) electrons. The summed E-state index contributed by atoms with van der Waals surface area (Å²) in [7, 11) is 1.96. The molecule has 3 N–H and O–H groups in total. The van der Waals surface area contributed by atoms with Gasteiger partial charge >= 0.3 is 0 Å². The first kappa shape index (κ1) is 16.9. The second-order valence-corrected chi connectivity index (χ2v) is 5.35. The molecule has 2 amide bonds. The minimum absolute atomic E-state index is 0.0479. The molecule has 0 aromatic heterocycles. The summed E-state index contributed by atoms with van der Waals surface area (Å²) in [4.78, 5) is 24.9. The molecule has 6 heteroatoms. The van der Waals surface area contributed by atoms with Crippen LogP contribution in [-0.4, -0.2) is 62.5 Å². The van der Waals surface area contributed by atoms with Gasteiger partial charge in [0.15, 0.2) is 0 Å². The lowest BCUT2D eigenvalue weighted by atomic mass is 9.99. The molecular formula is C14H28N4O2. The third-order valence-corrected chi connectivity index (χ3v) is 3.64. The molecule has 1 rings (SSSR count). The fourth-order valence-electron chi connectivity index (χ4n) is 2.59. The minimum Gasteiger partial charge on any atom is -0.355 e. The highest BCUT2D eigenvalue weighted by molar-refractivity contribution is 5.78. The van der Waals surface area contributed by atoms with E-state index in [1.54, 1.807) is 0 Å². The lowest BCUT2D eigenvalue weighted by Gasteiger charge is -2.35. The van der Waals surface area contributed by atoms with Crippen LogP contribution in [0.2, 0.25) is 0 Å². The van der Waals surface area contributed by atoms with E-state index in [0.717, 1.165) is 19.5 Å². The van der Waals surface area contributed by atoms with Crippen LogP contribution in [0.1, 0.15) is 32.6 Å². The van der Waals surface area contributed by atoms with Gasteiger partial charge in [-0.05, 0) is 39.4 Å². The number of likely N-dealkylation sites (tertiary alicyclic amines) is 1. The average Bonchev–Trinajstić information content (AvgIpc) is 2.42.